The first-order valence-electron chi connectivity index (χ1n) is 11.2. The quantitative estimate of drug-likeness (QED) is 0.781. The minimum Gasteiger partial charge on any atom is -0.392 e. The molecule has 1 aliphatic heterocycles. The molecule has 5 heteroatoms. The SMILES string of the molecule is CCN1C[C@H]2CC[C@H](OC)[C@@]34[C@@H]1[C@@H](C[C@@H]23)[C@]1(O)C[C@H](OC)[C@@H]2C[C@H]4[C@H]1[C@H]2O. The molecule has 7 bridgehead atoms. The second-order valence-electron chi connectivity index (χ2n) is 10.5. The zero-order valence-electron chi connectivity index (χ0n) is 16.9. The van der Waals surface area contributed by atoms with Crippen molar-refractivity contribution >= 4 is 0 Å². The normalized spacial score (nSPS) is 63.4. The average Bonchev–Trinajstić information content (AvgIpc) is 3.06. The molecule has 27 heavy (non-hydrogen) atoms. The number of hydrogen-bond donors (Lipinski definition) is 2. The van der Waals surface area contributed by atoms with Crippen LogP contribution in [0.1, 0.15) is 39.0 Å². The number of aliphatic hydroxyl groups excluding tert-OH is 1. The van der Waals surface area contributed by atoms with E-state index in [1.807, 2.05) is 7.11 Å². The third kappa shape index (κ3) is 1.73. The van der Waals surface area contributed by atoms with Gasteiger partial charge < -0.3 is 19.7 Å². The van der Waals surface area contributed by atoms with Crippen molar-refractivity contribution in [1.29, 1.82) is 0 Å². The number of piperidine rings is 1. The maximum Gasteiger partial charge on any atom is 0.0771 e. The monoisotopic (exact) mass is 377 g/mol. The molecule has 5 nitrogen and oxygen atoms in total. The summed E-state index contributed by atoms with van der Waals surface area (Å²) >= 11 is 0. The van der Waals surface area contributed by atoms with Crippen molar-refractivity contribution in [2.75, 3.05) is 27.3 Å². The van der Waals surface area contributed by atoms with E-state index in [-0.39, 0.29) is 35.4 Å². The van der Waals surface area contributed by atoms with Crippen LogP contribution in [0.4, 0.5) is 0 Å². The van der Waals surface area contributed by atoms with Crippen LogP contribution in [0.15, 0.2) is 0 Å². The highest BCUT2D eigenvalue weighted by molar-refractivity contribution is 5.31. The van der Waals surface area contributed by atoms with E-state index < -0.39 is 11.7 Å². The Morgan fingerprint density at radius 1 is 1.07 bits per heavy atom. The highest BCUT2D eigenvalue weighted by Gasteiger charge is 2.81. The zero-order chi connectivity index (χ0) is 18.7. The summed E-state index contributed by atoms with van der Waals surface area (Å²) in [5, 5.41) is 23.5. The van der Waals surface area contributed by atoms with Crippen LogP contribution in [0.3, 0.4) is 0 Å². The van der Waals surface area contributed by atoms with Crippen LogP contribution in [-0.4, -0.2) is 72.4 Å². The van der Waals surface area contributed by atoms with Gasteiger partial charge in [0.1, 0.15) is 0 Å². The fraction of sp³-hybridized carbons (Fsp3) is 1.00. The molecular formula is C22H35NO4. The number of ether oxygens (including phenoxy) is 2. The Morgan fingerprint density at radius 2 is 1.89 bits per heavy atom. The minimum atomic E-state index is -0.786. The molecule has 0 unspecified atom stereocenters. The van der Waals surface area contributed by atoms with Gasteiger partial charge in [-0.05, 0) is 50.0 Å². The largest absolute Gasteiger partial charge is 0.392 e. The van der Waals surface area contributed by atoms with Gasteiger partial charge in [0.05, 0.1) is 23.9 Å². The van der Waals surface area contributed by atoms with Crippen molar-refractivity contribution in [3.8, 4) is 0 Å². The number of fused-ring (bicyclic) bond motifs is 2. The Hall–Kier alpha value is -0.200. The van der Waals surface area contributed by atoms with Crippen molar-refractivity contribution in [1.82, 2.24) is 4.90 Å². The molecule has 6 fully saturated rings. The highest BCUT2D eigenvalue weighted by atomic mass is 16.5. The standard InChI is InChI=1S/C22H35NO4/c1-4-23-10-11-5-6-17(27-3)22-13(11)8-15(20(22)23)21(25)9-16(26-2)12-7-14(22)18(21)19(12)24/h11-20,24-25H,4-10H2,1-3H3/t11-,12+,13+,14+,15-,16+,17+,18+,19+,20+,21-,22-/m1/s1. The average molecular weight is 378 g/mol. The Balaban J connectivity index is 1.57. The number of rotatable bonds is 3. The molecular weight excluding hydrogens is 342 g/mol. The summed E-state index contributed by atoms with van der Waals surface area (Å²) in [5.74, 6) is 2.17. The van der Waals surface area contributed by atoms with Gasteiger partial charge >= 0.3 is 0 Å². The molecule has 0 aromatic heterocycles. The Kier molecular flexibility index (Phi) is 3.58. The van der Waals surface area contributed by atoms with Gasteiger partial charge in [-0.3, -0.25) is 4.90 Å². The smallest absolute Gasteiger partial charge is 0.0771 e. The summed E-state index contributed by atoms with van der Waals surface area (Å²) in [6, 6.07) is 0.404. The van der Waals surface area contributed by atoms with Gasteiger partial charge in [0.25, 0.3) is 0 Å². The van der Waals surface area contributed by atoms with E-state index in [4.69, 9.17) is 9.47 Å². The van der Waals surface area contributed by atoms with Gasteiger partial charge in [-0.25, -0.2) is 0 Å². The first-order valence-corrected chi connectivity index (χ1v) is 11.2. The minimum absolute atomic E-state index is 0.00774. The predicted molar refractivity (Wildman–Crippen MR) is 100 cm³/mol. The van der Waals surface area contributed by atoms with Crippen LogP contribution in [0.5, 0.6) is 0 Å². The second-order valence-corrected chi connectivity index (χ2v) is 10.5. The molecule has 2 N–H and O–H groups in total. The van der Waals surface area contributed by atoms with Gasteiger partial charge in [0.15, 0.2) is 0 Å². The Morgan fingerprint density at radius 3 is 2.59 bits per heavy atom. The third-order valence-corrected chi connectivity index (χ3v) is 10.5. The molecule has 6 aliphatic rings. The lowest BCUT2D eigenvalue weighted by molar-refractivity contribution is -0.259. The van der Waals surface area contributed by atoms with Crippen LogP contribution in [0.2, 0.25) is 0 Å². The maximum atomic E-state index is 12.2. The predicted octanol–water partition coefficient (Wildman–Crippen LogP) is 1.51. The number of hydrogen-bond acceptors (Lipinski definition) is 5. The molecule has 0 radical (unpaired) electrons. The zero-order valence-corrected chi connectivity index (χ0v) is 16.9. The molecule has 1 saturated heterocycles. The van der Waals surface area contributed by atoms with Crippen LogP contribution < -0.4 is 0 Å². The van der Waals surface area contributed by atoms with E-state index in [1.54, 1.807) is 7.11 Å². The van der Waals surface area contributed by atoms with Crippen molar-refractivity contribution in [2.24, 2.45) is 40.9 Å². The lowest BCUT2D eigenvalue weighted by Gasteiger charge is -2.67. The second kappa shape index (κ2) is 5.48. The van der Waals surface area contributed by atoms with E-state index >= 15 is 0 Å². The number of aliphatic hydroxyl groups is 2. The lowest BCUT2D eigenvalue weighted by Crippen LogP contribution is -2.74. The molecule has 1 spiro atoms. The van der Waals surface area contributed by atoms with Crippen LogP contribution in [0, 0.1) is 40.9 Å². The molecule has 0 aromatic rings. The number of methoxy groups -OCH3 is 2. The van der Waals surface area contributed by atoms with Crippen molar-refractivity contribution < 1.29 is 19.7 Å². The molecule has 152 valence electrons. The van der Waals surface area contributed by atoms with Gasteiger partial charge in [-0.1, -0.05) is 6.92 Å². The first kappa shape index (κ1) is 17.6. The Labute approximate surface area is 162 Å². The fourth-order valence-electron chi connectivity index (χ4n) is 9.96. The number of likely N-dealkylation sites (tertiary alicyclic amines) is 1. The molecule has 0 amide bonds. The van der Waals surface area contributed by atoms with Gasteiger partial charge in [0, 0.05) is 56.4 Å². The molecule has 5 aliphatic carbocycles. The topological polar surface area (TPSA) is 62.2 Å². The summed E-state index contributed by atoms with van der Waals surface area (Å²) in [5.41, 5.74) is -0.669. The molecule has 0 aromatic carbocycles. The van der Waals surface area contributed by atoms with Crippen molar-refractivity contribution in [3.05, 3.63) is 0 Å². The van der Waals surface area contributed by atoms with E-state index in [9.17, 15) is 10.2 Å². The van der Waals surface area contributed by atoms with Crippen LogP contribution >= 0.6 is 0 Å². The van der Waals surface area contributed by atoms with Gasteiger partial charge in [-0.15, -0.1) is 0 Å². The first-order chi connectivity index (χ1) is 13.0. The van der Waals surface area contributed by atoms with Crippen molar-refractivity contribution in [2.45, 2.75) is 69.0 Å². The Bertz CT molecular complexity index is 644. The molecule has 1 heterocycles. The van der Waals surface area contributed by atoms with Gasteiger partial charge in [0.2, 0.25) is 0 Å². The molecule has 5 saturated carbocycles. The molecule has 12 atom stereocenters. The highest BCUT2D eigenvalue weighted by Crippen LogP contribution is 2.77. The lowest BCUT2D eigenvalue weighted by atomic mass is 9.46. The van der Waals surface area contributed by atoms with Gasteiger partial charge in [-0.2, -0.15) is 0 Å². The van der Waals surface area contributed by atoms with E-state index in [2.05, 4.69) is 11.8 Å². The molecule has 6 rings (SSSR count). The summed E-state index contributed by atoms with van der Waals surface area (Å²) < 4.78 is 12.1. The summed E-state index contributed by atoms with van der Waals surface area (Å²) in [7, 11) is 3.65. The third-order valence-electron chi connectivity index (χ3n) is 10.5. The summed E-state index contributed by atoms with van der Waals surface area (Å²) in [6.07, 6.45) is 5.04. The summed E-state index contributed by atoms with van der Waals surface area (Å²) in [6.45, 7) is 4.52. The summed E-state index contributed by atoms with van der Waals surface area (Å²) in [4.78, 5) is 2.69. The van der Waals surface area contributed by atoms with Crippen LogP contribution in [-0.2, 0) is 9.47 Å². The fourth-order valence-corrected chi connectivity index (χ4v) is 9.96. The van der Waals surface area contributed by atoms with Crippen LogP contribution in [0.25, 0.3) is 0 Å². The van der Waals surface area contributed by atoms with E-state index in [0.29, 0.717) is 24.3 Å². The van der Waals surface area contributed by atoms with E-state index in [0.717, 1.165) is 31.7 Å². The number of nitrogens with zero attached hydrogens (tertiary/aromatic N) is 1. The maximum absolute atomic E-state index is 12.2. The van der Waals surface area contributed by atoms with Crippen molar-refractivity contribution in [3.63, 3.8) is 0 Å². The van der Waals surface area contributed by atoms with E-state index in [1.165, 1.54) is 13.0 Å².